The number of alkyl halides is 6. The Morgan fingerprint density at radius 2 is 1.08 bits per heavy atom. The van der Waals surface area contributed by atoms with Crippen LogP contribution < -0.4 is 24.8 Å². The van der Waals surface area contributed by atoms with E-state index < -0.39 is 23.5 Å². The molecule has 0 aromatic heterocycles. The minimum atomic E-state index is -4.41. The number of rotatable bonds is 3. The molecule has 0 radical (unpaired) electrons. The average molecular weight is 999 g/mol. The van der Waals surface area contributed by atoms with Crippen molar-refractivity contribution >= 4 is 3.21 Å². The van der Waals surface area contributed by atoms with Crippen molar-refractivity contribution in [1.29, 1.82) is 0 Å². The van der Waals surface area contributed by atoms with E-state index in [2.05, 4.69) is 175 Å². The van der Waals surface area contributed by atoms with E-state index in [0.717, 1.165) is 48.5 Å². The first-order valence-electron chi connectivity index (χ1n) is 21.7. The van der Waals surface area contributed by atoms with E-state index in [1.165, 1.54) is 41.8 Å². The molecule has 0 nitrogen and oxygen atoms in total. The van der Waals surface area contributed by atoms with Gasteiger partial charge in [0.15, 0.2) is 0 Å². The van der Waals surface area contributed by atoms with Crippen molar-refractivity contribution in [3.05, 3.63) is 173 Å². The summed E-state index contributed by atoms with van der Waals surface area (Å²) in [7, 11) is 0. The summed E-state index contributed by atoms with van der Waals surface area (Å²) in [6.45, 7) is 29.2. The third-order valence-electron chi connectivity index (χ3n) is 17.2. The standard InChI is InChI=1S/C29H37.C15H8F6.C11H17.2ClH.Zr/c1-21-14-13-15-22-20-27(6)25(4)18-10-9-16-23(25,2)24(3)17-11-12-19-26(24,5)29(27,8)28(21,22)7;16-14(17,18)12-5-1-10(2-6-12)9-11-3-7-13(8-4-11)15(19,20)21;1-5-9-6-7-10(8-9)11(2,3)4;;;/h9-20,22H,1-8H3;1-8H;7-9H,5H2,1-4H3;2*1H;/q-1;;-1;;;+2/p-2. The van der Waals surface area contributed by atoms with Crippen molar-refractivity contribution in [2.45, 2.75) is 102 Å². The molecule has 2 saturated carbocycles. The van der Waals surface area contributed by atoms with E-state index in [9.17, 15) is 26.3 Å². The molecule has 9 heteroatoms. The van der Waals surface area contributed by atoms with Crippen LogP contribution in [0.4, 0.5) is 26.3 Å². The minimum absolute atomic E-state index is 0. The fraction of sp³-hybridized carbons (Fsp3) is 0.455. The third kappa shape index (κ3) is 8.03. The summed E-state index contributed by atoms with van der Waals surface area (Å²) in [5.41, 5.74) is 3.08. The number of hydrogen-bond donors (Lipinski definition) is 0. The molecule has 64 heavy (non-hydrogen) atoms. The van der Waals surface area contributed by atoms with Crippen LogP contribution in [0.5, 0.6) is 0 Å². The normalized spacial score (nSPS) is 35.1. The molecular formula is C55H62Cl2F6Zr-2. The van der Waals surface area contributed by atoms with Gasteiger partial charge in [-0.15, -0.1) is 17.4 Å². The first kappa shape index (κ1) is 53.9. The van der Waals surface area contributed by atoms with Crippen LogP contribution >= 0.6 is 0 Å². The van der Waals surface area contributed by atoms with Gasteiger partial charge in [-0.2, -0.15) is 11.6 Å². The van der Waals surface area contributed by atoms with Crippen molar-refractivity contribution in [3.63, 3.8) is 0 Å². The van der Waals surface area contributed by atoms with Crippen molar-refractivity contribution in [2.75, 3.05) is 0 Å². The van der Waals surface area contributed by atoms with Crippen LogP contribution in [0.2, 0.25) is 0 Å². The molecule has 0 N–H and O–H groups in total. The van der Waals surface area contributed by atoms with E-state index in [4.69, 9.17) is 0 Å². The summed E-state index contributed by atoms with van der Waals surface area (Å²) in [6.07, 6.45) is 29.4. The molecule has 2 aromatic rings. The summed E-state index contributed by atoms with van der Waals surface area (Å²) in [5.74, 6) is 1.03. The van der Waals surface area contributed by atoms with Crippen molar-refractivity contribution in [1.82, 2.24) is 0 Å². The summed E-state index contributed by atoms with van der Waals surface area (Å²) >= 11 is 0.898. The Kier molecular flexibility index (Phi) is 15.2. The van der Waals surface area contributed by atoms with Crippen molar-refractivity contribution in [2.24, 2.45) is 55.2 Å². The van der Waals surface area contributed by atoms with Crippen LogP contribution in [-0.4, -0.2) is 3.21 Å². The third-order valence-corrected chi connectivity index (χ3v) is 18.6. The summed E-state index contributed by atoms with van der Waals surface area (Å²) in [6, 6.07) is 9.14. The van der Waals surface area contributed by atoms with E-state index in [-0.39, 0.29) is 62.7 Å². The first-order valence-corrected chi connectivity index (χ1v) is 23.0. The topological polar surface area (TPSA) is 0 Å². The summed E-state index contributed by atoms with van der Waals surface area (Å²) in [4.78, 5) is 0. The molecule has 344 valence electrons. The van der Waals surface area contributed by atoms with Gasteiger partial charge < -0.3 is 31.2 Å². The molecule has 0 aliphatic heterocycles. The van der Waals surface area contributed by atoms with Crippen LogP contribution in [0, 0.1) is 67.7 Å². The zero-order valence-electron chi connectivity index (χ0n) is 39.1. The Morgan fingerprint density at radius 1 is 0.656 bits per heavy atom. The van der Waals surface area contributed by atoms with Crippen molar-refractivity contribution < 1.29 is 75.4 Å². The molecule has 2 fully saturated rings. The monoisotopic (exact) mass is 996 g/mol. The molecule has 6 aliphatic carbocycles. The maximum absolute atomic E-state index is 12.5. The van der Waals surface area contributed by atoms with Gasteiger partial charge in [0.1, 0.15) is 0 Å². The zero-order chi connectivity index (χ0) is 46.2. The predicted molar refractivity (Wildman–Crippen MR) is 239 cm³/mol. The molecular weight excluding hydrogens is 937 g/mol. The second-order valence-electron chi connectivity index (χ2n) is 20.4. The van der Waals surface area contributed by atoms with Crippen LogP contribution in [0.15, 0.2) is 139 Å². The summed E-state index contributed by atoms with van der Waals surface area (Å²) < 4.78 is 75.6. The molecule has 0 spiro atoms. The fourth-order valence-electron chi connectivity index (χ4n) is 12.3. The van der Waals surface area contributed by atoms with Crippen LogP contribution in [0.3, 0.4) is 0 Å². The molecule has 0 heterocycles. The maximum atomic E-state index is 12.5. The minimum Gasteiger partial charge on any atom is -1.00 e. The van der Waals surface area contributed by atoms with E-state index in [0.29, 0.717) is 31.6 Å². The van der Waals surface area contributed by atoms with Crippen LogP contribution in [0.25, 0.3) is 0 Å². The number of halogens is 8. The molecule has 6 aliphatic rings. The smallest absolute Gasteiger partial charge is 1.00 e. The molecule has 0 amide bonds. The number of benzene rings is 2. The van der Waals surface area contributed by atoms with E-state index >= 15 is 0 Å². The van der Waals surface area contributed by atoms with Gasteiger partial charge in [0, 0.05) is 10.8 Å². The number of hydrogen-bond acceptors (Lipinski definition) is 0. The van der Waals surface area contributed by atoms with Crippen LogP contribution in [-0.2, 0) is 36.6 Å². The SMILES string of the molecule is CC1=CC=CC2[CH-]C3(C)C4(C)C=CC=CC4(C)C4(C)C=CC=CC4(C)C3(C)C12C.CCC1[C-]=CC(C(C)(C)C)=C1.FC(F)(F)c1ccc([C](=[Zr+2])c2ccc(C(F)(F)F)cc2)cc1.[Cl-].[Cl-]. The van der Waals surface area contributed by atoms with Crippen LogP contribution in [0.1, 0.15) is 112 Å². The second kappa shape index (κ2) is 18.1. The zero-order valence-corrected chi connectivity index (χ0v) is 43.1. The number of allylic oxidation sites excluding steroid dienone is 16. The van der Waals surface area contributed by atoms with Gasteiger partial charge in [0.05, 0.1) is 0 Å². The largest absolute Gasteiger partial charge is 1.00 e. The van der Waals surface area contributed by atoms with Gasteiger partial charge in [-0.1, -0.05) is 160 Å². The maximum Gasteiger partial charge on any atom is -1.00 e. The first-order chi connectivity index (χ1) is 28.5. The van der Waals surface area contributed by atoms with Gasteiger partial charge in [-0.05, 0) is 28.6 Å². The predicted octanol–water partition coefficient (Wildman–Crippen LogP) is 9.85. The Balaban J connectivity index is 0.000000228. The Labute approximate surface area is 406 Å². The molecule has 0 saturated heterocycles. The van der Waals surface area contributed by atoms with E-state index in [1.54, 1.807) is 0 Å². The quantitative estimate of drug-likeness (QED) is 0.213. The Morgan fingerprint density at radius 3 is 1.47 bits per heavy atom. The van der Waals surface area contributed by atoms with Crippen molar-refractivity contribution in [3.8, 4) is 0 Å². The second-order valence-corrected chi connectivity index (χ2v) is 21.7. The van der Waals surface area contributed by atoms with Gasteiger partial charge >= 0.3 is 137 Å². The van der Waals surface area contributed by atoms with E-state index in [1.807, 2.05) is 0 Å². The molecule has 8 rings (SSSR count). The van der Waals surface area contributed by atoms with Gasteiger partial charge in [0.2, 0.25) is 0 Å². The fourth-order valence-corrected chi connectivity index (χ4v) is 13.1. The Bertz CT molecular complexity index is 2260. The molecule has 2 aromatic carbocycles. The van der Waals surface area contributed by atoms with Gasteiger partial charge in [0.25, 0.3) is 0 Å². The Hall–Kier alpha value is -2.73. The van der Waals surface area contributed by atoms with Gasteiger partial charge in [-0.25, -0.2) is 6.08 Å². The summed E-state index contributed by atoms with van der Waals surface area (Å²) in [5, 5.41) is 0. The average Bonchev–Trinajstić information content (AvgIpc) is 3.78. The molecule has 9 atom stereocenters. The molecule has 9 unspecified atom stereocenters. The number of fused-ring (bicyclic) bond motifs is 8. The molecule has 0 bridgehead atoms. The van der Waals surface area contributed by atoms with Gasteiger partial charge in [-0.3, -0.25) is 6.08 Å².